The van der Waals surface area contributed by atoms with Crippen LogP contribution in [0, 0.1) is 10.1 Å². The molecule has 1 aromatic carbocycles. The fourth-order valence-corrected chi connectivity index (χ4v) is 5.00. The van der Waals surface area contributed by atoms with E-state index in [2.05, 4.69) is 38.0 Å². The maximum Gasteiger partial charge on any atom is 0.287 e. The Morgan fingerprint density at radius 1 is 1.23 bits per heavy atom. The van der Waals surface area contributed by atoms with E-state index in [9.17, 15) is 10.1 Å². The van der Waals surface area contributed by atoms with Crippen LogP contribution < -0.4 is 5.32 Å². The highest BCUT2D eigenvalue weighted by Gasteiger charge is 2.23. The monoisotopic (exact) mass is 531 g/mol. The van der Waals surface area contributed by atoms with Crippen LogP contribution in [-0.4, -0.2) is 70.6 Å². The normalized spacial score (nSPS) is 14.2. The van der Waals surface area contributed by atoms with Crippen LogP contribution in [0.5, 0.6) is 0 Å². The molecule has 0 fully saturated rings. The van der Waals surface area contributed by atoms with Crippen LogP contribution in [0.25, 0.3) is 22.2 Å². The number of nitrogens with one attached hydrogen (secondary N) is 1. The van der Waals surface area contributed by atoms with Crippen LogP contribution in [0.15, 0.2) is 72.0 Å². The van der Waals surface area contributed by atoms with E-state index >= 15 is 0 Å². The maximum atomic E-state index is 12.0. The second-order valence-electron chi connectivity index (χ2n) is 9.85. The number of allylic oxidation sites excluding steroid dienone is 2. The molecule has 3 aromatic rings. The van der Waals surface area contributed by atoms with Crippen molar-refractivity contribution < 1.29 is 9.66 Å². The van der Waals surface area contributed by atoms with E-state index in [0.29, 0.717) is 23.9 Å². The first-order valence-corrected chi connectivity index (χ1v) is 13.2. The number of rotatable bonds is 12. The molecule has 0 amide bonds. The zero-order valence-electron chi connectivity index (χ0n) is 23.3. The van der Waals surface area contributed by atoms with E-state index in [1.807, 2.05) is 45.1 Å². The lowest BCUT2D eigenvalue weighted by Gasteiger charge is -2.16. The van der Waals surface area contributed by atoms with Gasteiger partial charge in [-0.05, 0) is 65.0 Å². The van der Waals surface area contributed by atoms with Gasteiger partial charge in [0.15, 0.2) is 0 Å². The second kappa shape index (κ2) is 12.6. The van der Waals surface area contributed by atoms with Crippen LogP contribution in [-0.2, 0) is 17.7 Å². The number of benzene rings is 1. The lowest BCUT2D eigenvalue weighted by atomic mass is 10.1. The van der Waals surface area contributed by atoms with Crippen molar-refractivity contribution in [3.8, 4) is 11.3 Å². The van der Waals surface area contributed by atoms with E-state index < -0.39 is 4.92 Å². The maximum absolute atomic E-state index is 12.0. The standard InChI is InChI=1S/C29H37N7O3/c1-6-27(39-5)24(19-21(36(37)38)20-34(4)17-10-16-33(2)3)32-29-30-15-14-23(31-29)28-22-11-7-8-12-25(22)35-18-9-13-26(28)35/h6-8,11-12,14-15,19-20H,9-10,13,16-18H2,1-5H3,(H,30,31,32)/b21-20-,24-19+,27-6+. The van der Waals surface area contributed by atoms with E-state index in [1.165, 1.54) is 30.6 Å². The molecule has 0 saturated carbocycles. The molecule has 1 aliphatic heterocycles. The molecule has 2 aromatic heterocycles. The number of hydrogen-bond acceptors (Lipinski definition) is 8. The Morgan fingerprint density at radius 2 is 2.03 bits per heavy atom. The van der Waals surface area contributed by atoms with Crippen molar-refractivity contribution in [1.82, 2.24) is 24.3 Å². The van der Waals surface area contributed by atoms with Gasteiger partial charge < -0.3 is 24.4 Å². The summed E-state index contributed by atoms with van der Waals surface area (Å²) in [7, 11) is 7.37. The van der Waals surface area contributed by atoms with Crippen LogP contribution in [0.2, 0.25) is 0 Å². The number of anilines is 1. The summed E-state index contributed by atoms with van der Waals surface area (Å²) in [6.45, 7) is 4.39. The fourth-order valence-electron chi connectivity index (χ4n) is 5.00. The number of nitro groups is 1. The Morgan fingerprint density at radius 3 is 2.74 bits per heavy atom. The predicted octanol–water partition coefficient (Wildman–Crippen LogP) is 4.89. The lowest BCUT2D eigenvalue weighted by Crippen LogP contribution is -2.21. The van der Waals surface area contributed by atoms with Gasteiger partial charge in [0, 0.05) is 54.6 Å². The van der Waals surface area contributed by atoms with E-state index in [0.717, 1.165) is 49.0 Å². The molecule has 3 heterocycles. The molecule has 10 heteroatoms. The number of aromatic nitrogens is 3. The van der Waals surface area contributed by atoms with E-state index in [1.54, 1.807) is 12.3 Å². The van der Waals surface area contributed by atoms with Crippen molar-refractivity contribution in [3.63, 3.8) is 0 Å². The van der Waals surface area contributed by atoms with Crippen molar-refractivity contribution in [2.75, 3.05) is 46.7 Å². The van der Waals surface area contributed by atoms with Crippen LogP contribution in [0.3, 0.4) is 0 Å². The number of fused-ring (bicyclic) bond motifs is 3. The Labute approximate surface area is 229 Å². The average Bonchev–Trinajstić information content (AvgIpc) is 3.50. The van der Waals surface area contributed by atoms with Gasteiger partial charge >= 0.3 is 0 Å². The average molecular weight is 532 g/mol. The van der Waals surface area contributed by atoms with Gasteiger partial charge in [0.1, 0.15) is 5.76 Å². The second-order valence-corrected chi connectivity index (χ2v) is 9.85. The summed E-state index contributed by atoms with van der Waals surface area (Å²) in [5.41, 5.74) is 4.73. The zero-order chi connectivity index (χ0) is 27.9. The van der Waals surface area contributed by atoms with Gasteiger partial charge in [-0.2, -0.15) is 0 Å². The summed E-state index contributed by atoms with van der Waals surface area (Å²) in [6.07, 6.45) is 9.44. The van der Waals surface area contributed by atoms with Gasteiger partial charge in [-0.3, -0.25) is 10.1 Å². The number of hydrogen-bond donors (Lipinski definition) is 1. The number of aryl methyl sites for hydroxylation is 1. The molecule has 0 unspecified atom stereocenters. The molecular weight excluding hydrogens is 494 g/mol. The molecule has 39 heavy (non-hydrogen) atoms. The minimum atomic E-state index is -0.402. The van der Waals surface area contributed by atoms with Gasteiger partial charge in [0.2, 0.25) is 5.95 Å². The first-order chi connectivity index (χ1) is 18.8. The Kier molecular flexibility index (Phi) is 8.98. The zero-order valence-corrected chi connectivity index (χ0v) is 23.3. The molecule has 4 rings (SSSR count). The fraction of sp³-hybridized carbons (Fsp3) is 0.379. The molecule has 0 saturated heterocycles. The third kappa shape index (κ3) is 6.46. The van der Waals surface area contributed by atoms with Crippen LogP contribution >= 0.6 is 0 Å². The smallest absolute Gasteiger partial charge is 0.287 e. The highest BCUT2D eigenvalue weighted by Crippen LogP contribution is 2.37. The topological polar surface area (TPSA) is 102 Å². The molecule has 1 N–H and O–H groups in total. The molecule has 206 valence electrons. The number of methoxy groups -OCH3 is 1. The van der Waals surface area contributed by atoms with Crippen molar-refractivity contribution in [2.45, 2.75) is 32.7 Å². The molecule has 1 aliphatic rings. The summed E-state index contributed by atoms with van der Waals surface area (Å²) < 4.78 is 7.91. The first-order valence-electron chi connectivity index (χ1n) is 13.2. The molecule has 0 atom stereocenters. The minimum Gasteiger partial charge on any atom is -0.495 e. The summed E-state index contributed by atoms with van der Waals surface area (Å²) in [5, 5.41) is 16.3. The summed E-state index contributed by atoms with van der Waals surface area (Å²) in [4.78, 5) is 24.8. The highest BCUT2D eigenvalue weighted by atomic mass is 16.6. The largest absolute Gasteiger partial charge is 0.495 e. The Bertz CT molecular complexity index is 1420. The predicted molar refractivity (Wildman–Crippen MR) is 155 cm³/mol. The molecule has 0 spiro atoms. The van der Waals surface area contributed by atoms with Gasteiger partial charge in [-0.25, -0.2) is 9.97 Å². The quantitative estimate of drug-likeness (QED) is 0.153. The van der Waals surface area contributed by atoms with Gasteiger partial charge in [-0.15, -0.1) is 0 Å². The summed E-state index contributed by atoms with van der Waals surface area (Å²) >= 11 is 0. The van der Waals surface area contributed by atoms with Crippen LogP contribution in [0.1, 0.15) is 25.5 Å². The van der Waals surface area contributed by atoms with Crippen molar-refractivity contribution in [2.24, 2.45) is 0 Å². The number of para-hydroxylation sites is 1. The summed E-state index contributed by atoms with van der Waals surface area (Å²) in [5.74, 6) is 0.779. The van der Waals surface area contributed by atoms with Crippen molar-refractivity contribution >= 4 is 16.9 Å². The van der Waals surface area contributed by atoms with Gasteiger partial charge in [0.05, 0.1) is 29.6 Å². The lowest BCUT2D eigenvalue weighted by molar-refractivity contribution is -0.420. The molecule has 0 aliphatic carbocycles. The van der Waals surface area contributed by atoms with Crippen molar-refractivity contribution in [1.29, 1.82) is 0 Å². The number of nitrogens with zero attached hydrogens (tertiary/aromatic N) is 6. The Balaban J connectivity index is 1.68. The van der Waals surface area contributed by atoms with E-state index in [4.69, 9.17) is 9.72 Å². The summed E-state index contributed by atoms with van der Waals surface area (Å²) in [6, 6.07) is 10.3. The molecule has 0 radical (unpaired) electrons. The first kappa shape index (κ1) is 27.8. The molecule has 0 bridgehead atoms. The SMILES string of the molecule is C\C=C(OC)/C(=C\C(=C\N(C)CCCN(C)C)[N+](=O)[O-])Nc1nccc(-c2c3n(c4ccccc24)CCC3)n1. The van der Waals surface area contributed by atoms with Gasteiger partial charge in [0.25, 0.3) is 5.70 Å². The van der Waals surface area contributed by atoms with E-state index in [-0.39, 0.29) is 5.70 Å². The van der Waals surface area contributed by atoms with Crippen LogP contribution in [0.4, 0.5) is 5.95 Å². The number of ether oxygens (including phenoxy) is 1. The third-order valence-corrected chi connectivity index (χ3v) is 6.75. The van der Waals surface area contributed by atoms with Gasteiger partial charge in [-0.1, -0.05) is 18.2 Å². The molecule has 10 nitrogen and oxygen atoms in total. The van der Waals surface area contributed by atoms with Crippen molar-refractivity contribution in [3.05, 3.63) is 87.8 Å². The Hall–Kier alpha value is -4.18. The third-order valence-electron chi connectivity index (χ3n) is 6.75. The minimum absolute atomic E-state index is 0.0753. The molecular formula is C29H37N7O3. The highest BCUT2D eigenvalue weighted by molar-refractivity contribution is 5.97.